The summed E-state index contributed by atoms with van der Waals surface area (Å²) in [6.45, 7) is 7.99. The monoisotopic (exact) mass is 328 g/mol. The maximum absolute atomic E-state index is 12.2. The lowest BCUT2D eigenvalue weighted by molar-refractivity contribution is -0.134. The molecule has 1 aromatic carbocycles. The van der Waals surface area contributed by atoms with Gasteiger partial charge in [-0.3, -0.25) is 9.69 Å². The molecule has 1 fully saturated rings. The van der Waals surface area contributed by atoms with E-state index in [9.17, 15) is 4.79 Å². The first-order chi connectivity index (χ1) is 11.6. The van der Waals surface area contributed by atoms with Crippen LogP contribution >= 0.6 is 0 Å². The smallest absolute Gasteiger partial charge is 0.225 e. The zero-order valence-electron chi connectivity index (χ0n) is 14.3. The van der Waals surface area contributed by atoms with Crippen LogP contribution in [0.5, 0.6) is 0 Å². The van der Waals surface area contributed by atoms with Crippen molar-refractivity contribution >= 4 is 5.91 Å². The number of hydrogen-bond acceptors (Lipinski definition) is 5. The van der Waals surface area contributed by atoms with Gasteiger partial charge in [-0.05, 0) is 29.0 Å². The Hall–Kier alpha value is -2.28. The molecule has 1 amide bonds. The van der Waals surface area contributed by atoms with Gasteiger partial charge in [-0.1, -0.05) is 32.0 Å². The first-order valence-corrected chi connectivity index (χ1v) is 8.49. The Bertz CT molecular complexity index is 669. The van der Waals surface area contributed by atoms with Crippen LogP contribution < -0.4 is 0 Å². The van der Waals surface area contributed by atoms with Gasteiger partial charge in [0.1, 0.15) is 0 Å². The summed E-state index contributed by atoms with van der Waals surface area (Å²) in [7, 11) is 0. The molecule has 0 spiro atoms. The minimum Gasteiger partial charge on any atom is -0.341 e. The van der Waals surface area contributed by atoms with Crippen molar-refractivity contribution in [2.75, 3.05) is 26.2 Å². The number of nitrogens with zero attached hydrogens (tertiary/aromatic N) is 6. The molecule has 0 N–H and O–H groups in total. The van der Waals surface area contributed by atoms with Crippen molar-refractivity contribution in [1.82, 2.24) is 30.0 Å². The molecule has 24 heavy (non-hydrogen) atoms. The fourth-order valence-electron chi connectivity index (χ4n) is 2.99. The lowest BCUT2D eigenvalue weighted by Gasteiger charge is -2.23. The molecule has 0 bridgehead atoms. The van der Waals surface area contributed by atoms with Gasteiger partial charge in [0.05, 0.1) is 12.2 Å². The van der Waals surface area contributed by atoms with Crippen LogP contribution in [0.4, 0.5) is 0 Å². The van der Waals surface area contributed by atoms with Crippen LogP contribution in [0.1, 0.15) is 26.1 Å². The van der Waals surface area contributed by atoms with Gasteiger partial charge < -0.3 is 4.90 Å². The molecule has 1 saturated heterocycles. The third kappa shape index (κ3) is 3.79. The second kappa shape index (κ2) is 7.53. The van der Waals surface area contributed by atoms with Crippen molar-refractivity contribution in [2.24, 2.45) is 5.92 Å². The molecule has 2 heterocycles. The molecular formula is C17H24N6O. The molecule has 128 valence electrons. The molecule has 0 radical (unpaired) electrons. The highest BCUT2D eigenvalue weighted by Gasteiger charge is 2.22. The first-order valence-electron chi connectivity index (χ1n) is 8.49. The Morgan fingerprint density at radius 3 is 2.67 bits per heavy atom. The summed E-state index contributed by atoms with van der Waals surface area (Å²) >= 11 is 0. The molecular weight excluding hydrogens is 304 g/mol. The molecule has 0 aliphatic carbocycles. The summed E-state index contributed by atoms with van der Waals surface area (Å²) in [6, 6.07) is 9.91. The Labute approximate surface area is 142 Å². The second-order valence-electron chi connectivity index (χ2n) is 6.45. The summed E-state index contributed by atoms with van der Waals surface area (Å²) in [5.74, 6) is 1.12. The molecule has 0 unspecified atom stereocenters. The highest BCUT2D eigenvalue weighted by molar-refractivity contribution is 5.78. The zero-order valence-corrected chi connectivity index (χ0v) is 14.3. The molecule has 0 atom stereocenters. The maximum Gasteiger partial charge on any atom is 0.225 e. The fraction of sp³-hybridized carbons (Fsp3) is 0.529. The normalized spacial score (nSPS) is 16.4. The quantitative estimate of drug-likeness (QED) is 0.847. The van der Waals surface area contributed by atoms with Gasteiger partial charge >= 0.3 is 0 Å². The molecule has 1 aromatic heterocycles. The van der Waals surface area contributed by atoms with Crippen LogP contribution in [-0.2, 0) is 11.3 Å². The van der Waals surface area contributed by atoms with Crippen molar-refractivity contribution < 1.29 is 4.79 Å². The number of carbonyl (C=O) groups is 1. The zero-order chi connectivity index (χ0) is 16.9. The number of carbonyl (C=O) groups excluding carboxylic acids is 1. The predicted molar refractivity (Wildman–Crippen MR) is 90.5 cm³/mol. The average molecular weight is 328 g/mol. The average Bonchev–Trinajstić information content (AvgIpc) is 2.93. The van der Waals surface area contributed by atoms with Crippen molar-refractivity contribution in [1.29, 1.82) is 0 Å². The van der Waals surface area contributed by atoms with E-state index in [-0.39, 0.29) is 11.8 Å². The third-order valence-corrected chi connectivity index (χ3v) is 4.29. The summed E-state index contributed by atoms with van der Waals surface area (Å²) in [5.41, 5.74) is 0.962. The Morgan fingerprint density at radius 2 is 1.92 bits per heavy atom. The van der Waals surface area contributed by atoms with Gasteiger partial charge in [0.2, 0.25) is 5.91 Å². The van der Waals surface area contributed by atoms with Gasteiger partial charge in [-0.15, -0.1) is 5.10 Å². The van der Waals surface area contributed by atoms with Crippen molar-refractivity contribution in [3.05, 3.63) is 36.2 Å². The van der Waals surface area contributed by atoms with E-state index in [2.05, 4.69) is 20.4 Å². The standard InChI is InChI=1S/C17H24N6O/c1-14(2)17(24)22-10-6-9-21(11-12-22)13-16-18-19-20-23(16)15-7-4-3-5-8-15/h3-5,7-8,14H,6,9-13H2,1-2H3. The van der Waals surface area contributed by atoms with E-state index < -0.39 is 0 Å². The lowest BCUT2D eigenvalue weighted by Crippen LogP contribution is -2.37. The topological polar surface area (TPSA) is 67.2 Å². The Balaban J connectivity index is 1.66. The number of aromatic nitrogens is 4. The summed E-state index contributed by atoms with van der Waals surface area (Å²) in [5, 5.41) is 12.1. The SMILES string of the molecule is CC(C)C(=O)N1CCCN(Cc2nnnn2-c2ccccc2)CC1. The summed E-state index contributed by atoms with van der Waals surface area (Å²) in [6.07, 6.45) is 0.978. The van der Waals surface area contributed by atoms with Gasteiger partial charge in [0, 0.05) is 32.1 Å². The summed E-state index contributed by atoms with van der Waals surface area (Å²) in [4.78, 5) is 16.5. The number of hydrogen-bond donors (Lipinski definition) is 0. The molecule has 3 rings (SSSR count). The number of tetrazole rings is 1. The van der Waals surface area contributed by atoms with Crippen LogP contribution in [0.2, 0.25) is 0 Å². The first kappa shape index (κ1) is 16.6. The minimum atomic E-state index is 0.0573. The largest absolute Gasteiger partial charge is 0.341 e. The second-order valence-corrected chi connectivity index (χ2v) is 6.45. The highest BCUT2D eigenvalue weighted by Crippen LogP contribution is 2.12. The van der Waals surface area contributed by atoms with E-state index in [0.717, 1.165) is 44.1 Å². The molecule has 1 aliphatic heterocycles. The predicted octanol–water partition coefficient (Wildman–Crippen LogP) is 1.35. The number of para-hydroxylation sites is 1. The third-order valence-electron chi connectivity index (χ3n) is 4.29. The minimum absolute atomic E-state index is 0.0573. The number of benzene rings is 1. The highest BCUT2D eigenvalue weighted by atomic mass is 16.2. The van der Waals surface area contributed by atoms with Crippen LogP contribution in [-0.4, -0.2) is 62.1 Å². The maximum atomic E-state index is 12.2. The molecule has 2 aromatic rings. The van der Waals surface area contributed by atoms with Gasteiger partial charge in [-0.2, -0.15) is 4.68 Å². The molecule has 7 heteroatoms. The van der Waals surface area contributed by atoms with Crippen LogP contribution in [0, 0.1) is 5.92 Å². The Morgan fingerprint density at radius 1 is 1.12 bits per heavy atom. The molecule has 0 saturated carbocycles. The van der Waals surface area contributed by atoms with Gasteiger partial charge in [-0.25, -0.2) is 0 Å². The van der Waals surface area contributed by atoms with Gasteiger partial charge in [0.15, 0.2) is 5.82 Å². The van der Waals surface area contributed by atoms with Crippen LogP contribution in [0.3, 0.4) is 0 Å². The van der Waals surface area contributed by atoms with Crippen molar-refractivity contribution in [2.45, 2.75) is 26.8 Å². The summed E-state index contributed by atoms with van der Waals surface area (Å²) < 4.78 is 1.78. The van der Waals surface area contributed by atoms with Crippen LogP contribution in [0.15, 0.2) is 30.3 Å². The van der Waals surface area contributed by atoms with Crippen molar-refractivity contribution in [3.8, 4) is 5.69 Å². The molecule has 1 aliphatic rings. The van der Waals surface area contributed by atoms with E-state index in [0.29, 0.717) is 6.54 Å². The Kier molecular flexibility index (Phi) is 5.20. The van der Waals surface area contributed by atoms with E-state index in [1.54, 1.807) is 4.68 Å². The van der Waals surface area contributed by atoms with E-state index >= 15 is 0 Å². The number of rotatable bonds is 4. The van der Waals surface area contributed by atoms with E-state index in [4.69, 9.17) is 0 Å². The van der Waals surface area contributed by atoms with E-state index in [1.165, 1.54) is 0 Å². The number of amides is 1. The van der Waals surface area contributed by atoms with Crippen LogP contribution in [0.25, 0.3) is 5.69 Å². The fourth-order valence-corrected chi connectivity index (χ4v) is 2.99. The lowest BCUT2D eigenvalue weighted by atomic mass is 10.2. The molecule has 7 nitrogen and oxygen atoms in total. The van der Waals surface area contributed by atoms with E-state index in [1.807, 2.05) is 49.1 Å². The van der Waals surface area contributed by atoms with Gasteiger partial charge in [0.25, 0.3) is 0 Å². The van der Waals surface area contributed by atoms with Crippen molar-refractivity contribution in [3.63, 3.8) is 0 Å².